The zero-order chi connectivity index (χ0) is 12.3. The minimum atomic E-state index is -0.237. The van der Waals surface area contributed by atoms with E-state index < -0.39 is 0 Å². The van der Waals surface area contributed by atoms with Crippen LogP contribution in [0.15, 0.2) is 10.7 Å². The Bertz CT molecular complexity index is 386. The highest BCUT2D eigenvalue weighted by molar-refractivity contribution is 5.92. The summed E-state index contributed by atoms with van der Waals surface area (Å²) in [6.07, 6.45) is 7.87. The molecule has 1 aromatic rings. The molecule has 17 heavy (non-hydrogen) atoms. The Balaban J connectivity index is 2.24. The molecular weight excluding hydrogens is 216 g/mol. The van der Waals surface area contributed by atoms with E-state index in [0.717, 1.165) is 18.4 Å². The lowest BCUT2D eigenvalue weighted by Crippen LogP contribution is -2.12. The molecule has 0 radical (unpaired) electrons. The average molecular weight is 236 g/mol. The number of aryl methyl sites for hydroxylation is 1. The second-order valence-electron chi connectivity index (χ2n) is 4.68. The topological polar surface area (TPSA) is 39.4 Å². The minimum Gasteiger partial charge on any atom is -0.468 e. The summed E-state index contributed by atoms with van der Waals surface area (Å²) in [5.74, 6) is 0.920. The number of ether oxygens (including phenoxy) is 1. The fourth-order valence-electron chi connectivity index (χ4n) is 2.65. The number of hydrogen-bond acceptors (Lipinski definition) is 3. The van der Waals surface area contributed by atoms with Crippen LogP contribution in [0, 0.1) is 6.92 Å². The SMILES string of the molecule is CCOC(=O)c1c(C2CCCCC2)coc1C. The lowest BCUT2D eigenvalue weighted by atomic mass is 9.83. The monoisotopic (exact) mass is 236 g/mol. The molecule has 0 unspecified atom stereocenters. The number of hydrogen-bond donors (Lipinski definition) is 0. The lowest BCUT2D eigenvalue weighted by molar-refractivity contribution is 0.0522. The molecule has 1 fully saturated rings. The van der Waals surface area contributed by atoms with Gasteiger partial charge in [-0.05, 0) is 32.6 Å². The van der Waals surface area contributed by atoms with E-state index in [0.29, 0.717) is 23.8 Å². The second-order valence-corrected chi connectivity index (χ2v) is 4.68. The molecule has 3 nitrogen and oxygen atoms in total. The molecule has 1 aliphatic carbocycles. The number of carbonyl (C=O) groups is 1. The van der Waals surface area contributed by atoms with Crippen LogP contribution in [-0.2, 0) is 4.74 Å². The molecule has 3 heteroatoms. The van der Waals surface area contributed by atoms with Crippen molar-refractivity contribution in [1.29, 1.82) is 0 Å². The quantitative estimate of drug-likeness (QED) is 0.749. The molecule has 0 saturated heterocycles. The highest BCUT2D eigenvalue weighted by atomic mass is 16.5. The van der Waals surface area contributed by atoms with Crippen LogP contribution in [0.4, 0.5) is 0 Å². The normalized spacial score (nSPS) is 17.1. The summed E-state index contributed by atoms with van der Waals surface area (Å²) in [6, 6.07) is 0. The van der Waals surface area contributed by atoms with Crippen LogP contribution < -0.4 is 0 Å². The third-order valence-electron chi connectivity index (χ3n) is 3.53. The van der Waals surface area contributed by atoms with Gasteiger partial charge in [0, 0.05) is 5.56 Å². The maximum absolute atomic E-state index is 11.9. The Morgan fingerprint density at radius 1 is 1.41 bits per heavy atom. The first-order chi connectivity index (χ1) is 8.24. The van der Waals surface area contributed by atoms with E-state index in [1.807, 2.05) is 13.8 Å². The van der Waals surface area contributed by atoms with Gasteiger partial charge in [0.25, 0.3) is 0 Å². The predicted octanol–water partition coefficient (Wildman–Crippen LogP) is 3.81. The van der Waals surface area contributed by atoms with Crippen LogP contribution in [0.3, 0.4) is 0 Å². The van der Waals surface area contributed by atoms with Crippen molar-refractivity contribution in [2.24, 2.45) is 0 Å². The van der Waals surface area contributed by atoms with Gasteiger partial charge in [-0.25, -0.2) is 4.79 Å². The van der Waals surface area contributed by atoms with E-state index in [4.69, 9.17) is 9.15 Å². The van der Waals surface area contributed by atoms with Crippen molar-refractivity contribution < 1.29 is 13.9 Å². The molecule has 0 aliphatic heterocycles. The molecule has 0 spiro atoms. The summed E-state index contributed by atoms with van der Waals surface area (Å²) in [5.41, 5.74) is 1.72. The average Bonchev–Trinajstić information content (AvgIpc) is 2.73. The standard InChI is InChI=1S/C14H20O3/c1-3-16-14(15)13-10(2)17-9-12(13)11-7-5-4-6-8-11/h9,11H,3-8H2,1-2H3. The van der Waals surface area contributed by atoms with Gasteiger partial charge in [0.1, 0.15) is 11.3 Å². The molecule has 1 heterocycles. The van der Waals surface area contributed by atoms with Gasteiger partial charge in [-0.3, -0.25) is 0 Å². The molecule has 1 aromatic heterocycles. The maximum Gasteiger partial charge on any atom is 0.341 e. The van der Waals surface area contributed by atoms with E-state index in [9.17, 15) is 4.79 Å². The van der Waals surface area contributed by atoms with E-state index in [1.54, 1.807) is 6.26 Å². The molecule has 0 bridgehead atoms. The molecular formula is C14H20O3. The van der Waals surface area contributed by atoms with Crippen LogP contribution in [-0.4, -0.2) is 12.6 Å². The zero-order valence-electron chi connectivity index (χ0n) is 10.6. The Hall–Kier alpha value is -1.25. The van der Waals surface area contributed by atoms with Crippen molar-refractivity contribution in [2.75, 3.05) is 6.61 Å². The van der Waals surface area contributed by atoms with Crippen molar-refractivity contribution in [2.45, 2.75) is 51.9 Å². The van der Waals surface area contributed by atoms with Gasteiger partial charge in [0.2, 0.25) is 0 Å². The number of carbonyl (C=O) groups excluding carboxylic acids is 1. The molecule has 1 aliphatic rings. The van der Waals surface area contributed by atoms with Gasteiger partial charge in [0.15, 0.2) is 0 Å². The third kappa shape index (κ3) is 2.54. The summed E-state index contributed by atoms with van der Waals surface area (Å²) in [4.78, 5) is 11.9. The Morgan fingerprint density at radius 2 is 2.12 bits per heavy atom. The molecule has 94 valence electrons. The molecule has 0 N–H and O–H groups in total. The van der Waals surface area contributed by atoms with Crippen LogP contribution in [0.25, 0.3) is 0 Å². The minimum absolute atomic E-state index is 0.237. The summed E-state index contributed by atoms with van der Waals surface area (Å²) >= 11 is 0. The van der Waals surface area contributed by atoms with Gasteiger partial charge in [-0.2, -0.15) is 0 Å². The van der Waals surface area contributed by atoms with Crippen LogP contribution in [0.5, 0.6) is 0 Å². The fraction of sp³-hybridized carbons (Fsp3) is 0.643. The largest absolute Gasteiger partial charge is 0.468 e. The zero-order valence-corrected chi connectivity index (χ0v) is 10.6. The molecule has 1 saturated carbocycles. The van der Waals surface area contributed by atoms with E-state index >= 15 is 0 Å². The second kappa shape index (κ2) is 5.39. The van der Waals surface area contributed by atoms with Crippen LogP contribution in [0.2, 0.25) is 0 Å². The van der Waals surface area contributed by atoms with Crippen molar-refractivity contribution in [3.63, 3.8) is 0 Å². The van der Waals surface area contributed by atoms with Crippen LogP contribution >= 0.6 is 0 Å². The van der Waals surface area contributed by atoms with E-state index in [1.165, 1.54) is 19.3 Å². The number of furan rings is 1. The van der Waals surface area contributed by atoms with Crippen molar-refractivity contribution >= 4 is 5.97 Å². The van der Waals surface area contributed by atoms with Gasteiger partial charge >= 0.3 is 5.97 Å². The Kier molecular flexibility index (Phi) is 3.87. The molecule has 2 rings (SSSR count). The smallest absolute Gasteiger partial charge is 0.341 e. The van der Waals surface area contributed by atoms with E-state index in [2.05, 4.69) is 0 Å². The van der Waals surface area contributed by atoms with Crippen molar-refractivity contribution in [3.8, 4) is 0 Å². The summed E-state index contributed by atoms with van der Waals surface area (Å²) in [5, 5.41) is 0. The summed E-state index contributed by atoms with van der Waals surface area (Å²) < 4.78 is 10.5. The van der Waals surface area contributed by atoms with Crippen LogP contribution in [0.1, 0.15) is 66.6 Å². The first-order valence-electron chi connectivity index (χ1n) is 6.49. The van der Waals surface area contributed by atoms with Gasteiger partial charge in [-0.15, -0.1) is 0 Å². The van der Waals surface area contributed by atoms with Crippen molar-refractivity contribution in [1.82, 2.24) is 0 Å². The fourth-order valence-corrected chi connectivity index (χ4v) is 2.65. The van der Waals surface area contributed by atoms with E-state index in [-0.39, 0.29) is 5.97 Å². The summed E-state index contributed by atoms with van der Waals surface area (Å²) in [7, 11) is 0. The number of rotatable bonds is 3. The predicted molar refractivity (Wildman–Crippen MR) is 65.2 cm³/mol. The highest BCUT2D eigenvalue weighted by Crippen LogP contribution is 2.36. The lowest BCUT2D eigenvalue weighted by Gasteiger charge is -2.21. The Morgan fingerprint density at radius 3 is 2.76 bits per heavy atom. The summed E-state index contributed by atoms with van der Waals surface area (Å²) in [6.45, 7) is 4.07. The highest BCUT2D eigenvalue weighted by Gasteiger charge is 2.26. The Labute approximate surface area is 102 Å². The number of esters is 1. The van der Waals surface area contributed by atoms with Crippen molar-refractivity contribution in [3.05, 3.63) is 23.2 Å². The van der Waals surface area contributed by atoms with Gasteiger partial charge < -0.3 is 9.15 Å². The molecule has 0 amide bonds. The van der Waals surface area contributed by atoms with Gasteiger partial charge in [0.05, 0.1) is 12.9 Å². The molecule has 0 aromatic carbocycles. The first-order valence-corrected chi connectivity index (χ1v) is 6.49. The maximum atomic E-state index is 11.9. The third-order valence-corrected chi connectivity index (χ3v) is 3.53. The first kappa shape index (κ1) is 12.2. The molecule has 0 atom stereocenters. The van der Waals surface area contributed by atoms with Gasteiger partial charge in [-0.1, -0.05) is 19.3 Å².